The Kier molecular flexibility index (Phi) is 5.26. The van der Waals surface area contributed by atoms with Gasteiger partial charge in [0.2, 0.25) is 0 Å². The lowest BCUT2D eigenvalue weighted by Crippen LogP contribution is -2.33. The van der Waals surface area contributed by atoms with Crippen LogP contribution in [0.1, 0.15) is 53.2 Å². The number of carbonyl (C=O) groups excluding carboxylic acids is 1. The van der Waals surface area contributed by atoms with Gasteiger partial charge in [0, 0.05) is 17.7 Å². The van der Waals surface area contributed by atoms with E-state index in [1.807, 2.05) is 18.2 Å². The second-order valence-electron chi connectivity index (χ2n) is 6.42. The summed E-state index contributed by atoms with van der Waals surface area (Å²) in [5.41, 5.74) is 7.72. The van der Waals surface area contributed by atoms with Crippen LogP contribution >= 0.6 is 0 Å². The van der Waals surface area contributed by atoms with Gasteiger partial charge in [0.15, 0.2) is 0 Å². The third-order valence-corrected chi connectivity index (χ3v) is 4.85. The molecule has 0 aliphatic heterocycles. The van der Waals surface area contributed by atoms with E-state index in [-0.39, 0.29) is 23.7 Å². The monoisotopic (exact) mass is 326 g/mol. The maximum atomic E-state index is 14.3. The highest BCUT2D eigenvalue weighted by Gasteiger charge is 2.29. The summed E-state index contributed by atoms with van der Waals surface area (Å²) in [6.07, 6.45) is 4.31. The van der Waals surface area contributed by atoms with Gasteiger partial charge in [-0.2, -0.15) is 0 Å². The number of nitrogens with one attached hydrogen (secondary N) is 1. The second kappa shape index (κ2) is 7.58. The molecular weight excluding hydrogens is 303 g/mol. The van der Waals surface area contributed by atoms with Gasteiger partial charge in [-0.3, -0.25) is 4.79 Å². The van der Waals surface area contributed by atoms with E-state index in [2.05, 4.69) is 5.32 Å². The van der Waals surface area contributed by atoms with Crippen LogP contribution in [0.3, 0.4) is 0 Å². The Morgan fingerprint density at radius 3 is 2.42 bits per heavy atom. The predicted octanol–water partition coefficient (Wildman–Crippen LogP) is 3.95. The van der Waals surface area contributed by atoms with Crippen LogP contribution in [0.15, 0.2) is 48.5 Å². The van der Waals surface area contributed by atoms with Crippen LogP contribution in [0.4, 0.5) is 4.39 Å². The van der Waals surface area contributed by atoms with E-state index in [9.17, 15) is 9.18 Å². The number of carbonyl (C=O) groups is 1. The average molecular weight is 326 g/mol. The molecule has 1 saturated carbocycles. The Morgan fingerprint density at radius 1 is 1.12 bits per heavy atom. The van der Waals surface area contributed by atoms with Crippen LogP contribution in [0.5, 0.6) is 0 Å². The largest absolute Gasteiger partial charge is 0.345 e. The van der Waals surface area contributed by atoms with Crippen LogP contribution in [0.2, 0.25) is 0 Å². The summed E-state index contributed by atoms with van der Waals surface area (Å²) in [5, 5.41) is 3.06. The lowest BCUT2D eigenvalue weighted by Gasteiger charge is -2.25. The van der Waals surface area contributed by atoms with Gasteiger partial charge in [0.25, 0.3) is 5.91 Å². The molecule has 0 radical (unpaired) electrons. The molecule has 1 unspecified atom stereocenters. The van der Waals surface area contributed by atoms with Crippen molar-refractivity contribution in [2.24, 2.45) is 11.7 Å². The second-order valence-corrected chi connectivity index (χ2v) is 6.42. The Labute approximate surface area is 142 Å². The lowest BCUT2D eigenvalue weighted by molar-refractivity contribution is 0.0921. The molecule has 0 aromatic heterocycles. The minimum absolute atomic E-state index is 0.168. The summed E-state index contributed by atoms with van der Waals surface area (Å²) >= 11 is 0. The standard InChI is InChI=1S/C20H23FN2O/c21-18-8-4-3-7-17(18)19(15-5-1-2-6-15)23-20(24)16-11-9-14(13-22)10-12-16/h3-4,7-12,15,19H,1-2,5-6,13,22H2,(H,23,24). The molecule has 1 amide bonds. The smallest absolute Gasteiger partial charge is 0.251 e. The lowest BCUT2D eigenvalue weighted by atomic mass is 9.91. The van der Waals surface area contributed by atoms with Gasteiger partial charge in [-0.1, -0.05) is 43.2 Å². The van der Waals surface area contributed by atoms with Gasteiger partial charge in [-0.05, 0) is 42.5 Å². The van der Waals surface area contributed by atoms with E-state index >= 15 is 0 Å². The van der Waals surface area contributed by atoms with Crippen molar-refractivity contribution < 1.29 is 9.18 Å². The van der Waals surface area contributed by atoms with Gasteiger partial charge in [-0.15, -0.1) is 0 Å². The van der Waals surface area contributed by atoms with Crippen molar-refractivity contribution in [3.63, 3.8) is 0 Å². The molecular formula is C20H23FN2O. The Morgan fingerprint density at radius 2 is 1.79 bits per heavy atom. The molecule has 126 valence electrons. The molecule has 3 N–H and O–H groups in total. The maximum Gasteiger partial charge on any atom is 0.251 e. The zero-order valence-corrected chi connectivity index (χ0v) is 13.7. The Hall–Kier alpha value is -2.20. The average Bonchev–Trinajstić information content (AvgIpc) is 3.15. The number of halogens is 1. The van der Waals surface area contributed by atoms with Gasteiger partial charge in [0.05, 0.1) is 6.04 Å². The molecule has 0 bridgehead atoms. The summed E-state index contributed by atoms with van der Waals surface area (Å²) in [5.74, 6) is -0.138. The van der Waals surface area contributed by atoms with Crippen LogP contribution in [0.25, 0.3) is 0 Å². The Bertz CT molecular complexity index is 693. The zero-order chi connectivity index (χ0) is 16.9. The number of nitrogens with two attached hydrogens (primary N) is 1. The van der Waals surface area contributed by atoms with Crippen molar-refractivity contribution in [1.29, 1.82) is 0 Å². The van der Waals surface area contributed by atoms with E-state index in [4.69, 9.17) is 5.73 Å². The van der Waals surface area contributed by atoms with Crippen LogP contribution in [-0.2, 0) is 6.54 Å². The van der Waals surface area contributed by atoms with Crippen molar-refractivity contribution in [3.8, 4) is 0 Å². The number of benzene rings is 2. The molecule has 2 aromatic carbocycles. The molecule has 2 aromatic rings. The predicted molar refractivity (Wildman–Crippen MR) is 92.9 cm³/mol. The van der Waals surface area contributed by atoms with Gasteiger partial charge in [0.1, 0.15) is 5.82 Å². The highest BCUT2D eigenvalue weighted by atomic mass is 19.1. The highest BCUT2D eigenvalue weighted by molar-refractivity contribution is 5.94. The topological polar surface area (TPSA) is 55.1 Å². The van der Waals surface area contributed by atoms with E-state index in [0.717, 1.165) is 31.2 Å². The first kappa shape index (κ1) is 16.7. The summed E-state index contributed by atoms with van der Waals surface area (Å²) in [4.78, 5) is 12.6. The number of rotatable bonds is 5. The van der Waals surface area contributed by atoms with Crippen molar-refractivity contribution in [3.05, 3.63) is 71.0 Å². The van der Waals surface area contributed by atoms with Crippen LogP contribution in [-0.4, -0.2) is 5.91 Å². The summed E-state index contributed by atoms with van der Waals surface area (Å²) < 4.78 is 14.3. The van der Waals surface area contributed by atoms with E-state index in [0.29, 0.717) is 17.7 Å². The molecule has 1 fully saturated rings. The van der Waals surface area contributed by atoms with Crippen molar-refractivity contribution in [2.75, 3.05) is 0 Å². The zero-order valence-electron chi connectivity index (χ0n) is 13.7. The fraction of sp³-hybridized carbons (Fsp3) is 0.350. The van der Waals surface area contributed by atoms with Gasteiger partial charge >= 0.3 is 0 Å². The van der Waals surface area contributed by atoms with Gasteiger partial charge < -0.3 is 11.1 Å². The molecule has 0 saturated heterocycles. The maximum absolute atomic E-state index is 14.3. The fourth-order valence-corrected chi connectivity index (χ4v) is 3.48. The molecule has 1 aliphatic carbocycles. The van der Waals surface area contributed by atoms with Gasteiger partial charge in [-0.25, -0.2) is 4.39 Å². The highest BCUT2D eigenvalue weighted by Crippen LogP contribution is 2.36. The summed E-state index contributed by atoms with van der Waals surface area (Å²) in [6.45, 7) is 0.446. The minimum Gasteiger partial charge on any atom is -0.345 e. The molecule has 0 spiro atoms. The normalized spacial score (nSPS) is 16.1. The summed E-state index contributed by atoms with van der Waals surface area (Å²) in [7, 11) is 0. The van der Waals surface area contributed by atoms with Crippen LogP contribution < -0.4 is 11.1 Å². The Balaban J connectivity index is 1.83. The number of hydrogen-bond acceptors (Lipinski definition) is 2. The molecule has 24 heavy (non-hydrogen) atoms. The SMILES string of the molecule is NCc1ccc(C(=O)NC(c2ccccc2F)C2CCCC2)cc1. The molecule has 3 rings (SSSR count). The van der Waals surface area contributed by atoms with E-state index in [1.54, 1.807) is 24.3 Å². The van der Waals surface area contributed by atoms with Crippen LogP contribution in [0, 0.1) is 11.7 Å². The van der Waals surface area contributed by atoms with Crippen molar-refractivity contribution >= 4 is 5.91 Å². The first-order chi connectivity index (χ1) is 11.7. The third kappa shape index (κ3) is 3.65. The molecule has 1 atom stereocenters. The molecule has 4 heteroatoms. The third-order valence-electron chi connectivity index (χ3n) is 4.85. The molecule has 3 nitrogen and oxygen atoms in total. The van der Waals surface area contributed by atoms with Crippen molar-refractivity contribution in [1.82, 2.24) is 5.32 Å². The first-order valence-electron chi connectivity index (χ1n) is 8.53. The quantitative estimate of drug-likeness (QED) is 0.874. The number of amides is 1. The number of hydrogen-bond donors (Lipinski definition) is 2. The first-order valence-corrected chi connectivity index (χ1v) is 8.53. The molecule has 0 heterocycles. The fourth-order valence-electron chi connectivity index (χ4n) is 3.48. The minimum atomic E-state index is -0.282. The van der Waals surface area contributed by atoms with E-state index < -0.39 is 0 Å². The summed E-state index contributed by atoms with van der Waals surface area (Å²) in [6, 6.07) is 13.7. The van der Waals surface area contributed by atoms with E-state index in [1.165, 1.54) is 6.07 Å². The molecule has 1 aliphatic rings. The van der Waals surface area contributed by atoms with Crippen molar-refractivity contribution in [2.45, 2.75) is 38.3 Å².